The second-order valence-corrected chi connectivity index (χ2v) is 4.24. The molecule has 4 nitrogen and oxygen atoms in total. The number of nitrogens with one attached hydrogen (secondary N) is 1. The minimum atomic E-state index is -0.510. The van der Waals surface area contributed by atoms with Crippen LogP contribution in [0, 0.1) is 0 Å². The molecule has 0 radical (unpaired) electrons. The van der Waals surface area contributed by atoms with Gasteiger partial charge in [-0.2, -0.15) is 0 Å². The van der Waals surface area contributed by atoms with Crippen LogP contribution in [0.25, 0.3) is 0 Å². The van der Waals surface area contributed by atoms with Gasteiger partial charge in [0.25, 0.3) is 0 Å². The molecule has 1 aromatic rings. The summed E-state index contributed by atoms with van der Waals surface area (Å²) in [6.07, 6.45) is 4.73. The minimum Gasteiger partial charge on any atom is -0.491 e. The van der Waals surface area contributed by atoms with Crippen LogP contribution in [0.5, 0.6) is 5.75 Å². The molecule has 0 atom stereocenters. The van der Waals surface area contributed by atoms with Crippen molar-refractivity contribution in [2.24, 2.45) is 5.73 Å². The van der Waals surface area contributed by atoms with Crippen LogP contribution < -0.4 is 15.8 Å². The smallest absolute Gasteiger partial charge is 0.312 e. The number of fused-ring (bicyclic) bond motifs is 1. The Morgan fingerprint density at radius 2 is 2.18 bits per heavy atom. The molecule has 92 valence electrons. The van der Waals surface area contributed by atoms with Crippen molar-refractivity contribution in [3.8, 4) is 5.75 Å². The number of carbonyl (C=O) groups is 1. The van der Waals surface area contributed by atoms with Gasteiger partial charge in [0.1, 0.15) is 12.4 Å². The molecule has 2 rings (SSSR count). The summed E-state index contributed by atoms with van der Waals surface area (Å²) >= 11 is 0. The number of hydrogen-bond acceptors (Lipinski definition) is 2. The van der Waals surface area contributed by atoms with Gasteiger partial charge in [0.2, 0.25) is 0 Å². The molecular formula is C13H18N2O2. The number of hydrogen-bond donors (Lipinski definition) is 2. The normalized spacial score (nSPS) is 13.9. The first-order chi connectivity index (χ1) is 8.27. The Hall–Kier alpha value is -1.71. The summed E-state index contributed by atoms with van der Waals surface area (Å²) < 4.78 is 5.68. The van der Waals surface area contributed by atoms with E-state index in [-0.39, 0.29) is 0 Å². The number of rotatable bonds is 4. The highest BCUT2D eigenvalue weighted by Crippen LogP contribution is 2.29. The second kappa shape index (κ2) is 5.57. The van der Waals surface area contributed by atoms with E-state index in [0.717, 1.165) is 18.6 Å². The van der Waals surface area contributed by atoms with Gasteiger partial charge in [0.05, 0.1) is 6.54 Å². The molecule has 0 spiro atoms. The van der Waals surface area contributed by atoms with Gasteiger partial charge < -0.3 is 15.8 Å². The number of nitrogens with two attached hydrogens (primary N) is 1. The van der Waals surface area contributed by atoms with E-state index in [4.69, 9.17) is 10.5 Å². The molecule has 1 aromatic carbocycles. The zero-order valence-electron chi connectivity index (χ0n) is 9.87. The van der Waals surface area contributed by atoms with Gasteiger partial charge in [-0.25, -0.2) is 4.79 Å². The Labute approximate surface area is 101 Å². The first-order valence-electron chi connectivity index (χ1n) is 6.04. The van der Waals surface area contributed by atoms with Crippen molar-refractivity contribution in [3.05, 3.63) is 29.3 Å². The molecule has 2 amide bonds. The topological polar surface area (TPSA) is 64.4 Å². The van der Waals surface area contributed by atoms with Crippen LogP contribution in [0.4, 0.5) is 4.79 Å². The number of aryl methyl sites for hydroxylation is 1. The monoisotopic (exact) mass is 234 g/mol. The van der Waals surface area contributed by atoms with Gasteiger partial charge in [-0.15, -0.1) is 0 Å². The maximum atomic E-state index is 10.5. The number of urea groups is 1. The lowest BCUT2D eigenvalue weighted by Crippen LogP contribution is -2.32. The van der Waals surface area contributed by atoms with Crippen molar-refractivity contribution in [3.63, 3.8) is 0 Å². The molecule has 0 saturated heterocycles. The molecule has 17 heavy (non-hydrogen) atoms. The van der Waals surface area contributed by atoms with Crippen molar-refractivity contribution in [2.75, 3.05) is 13.2 Å². The Morgan fingerprint density at radius 1 is 1.35 bits per heavy atom. The zero-order chi connectivity index (χ0) is 12.1. The van der Waals surface area contributed by atoms with Gasteiger partial charge in [-0.05, 0) is 42.9 Å². The first-order valence-corrected chi connectivity index (χ1v) is 6.04. The lowest BCUT2D eigenvalue weighted by Gasteiger charge is -2.19. The largest absolute Gasteiger partial charge is 0.491 e. The fourth-order valence-electron chi connectivity index (χ4n) is 2.22. The molecule has 0 fully saturated rings. The lowest BCUT2D eigenvalue weighted by atomic mass is 9.91. The van der Waals surface area contributed by atoms with E-state index in [9.17, 15) is 4.79 Å². The number of carbonyl (C=O) groups excluding carboxylic acids is 1. The van der Waals surface area contributed by atoms with Crippen LogP contribution in [-0.4, -0.2) is 19.2 Å². The van der Waals surface area contributed by atoms with E-state index < -0.39 is 6.03 Å². The predicted octanol–water partition coefficient (Wildman–Crippen LogP) is 1.61. The highest BCUT2D eigenvalue weighted by atomic mass is 16.5. The molecule has 0 saturated carbocycles. The molecule has 1 aliphatic carbocycles. The molecule has 0 aromatic heterocycles. The van der Waals surface area contributed by atoms with E-state index in [0.29, 0.717) is 13.2 Å². The van der Waals surface area contributed by atoms with Gasteiger partial charge in [-0.3, -0.25) is 0 Å². The minimum absolute atomic E-state index is 0.443. The van der Waals surface area contributed by atoms with Gasteiger partial charge >= 0.3 is 6.03 Å². The highest BCUT2D eigenvalue weighted by molar-refractivity contribution is 5.71. The Kier molecular flexibility index (Phi) is 3.85. The van der Waals surface area contributed by atoms with Crippen LogP contribution >= 0.6 is 0 Å². The van der Waals surface area contributed by atoms with Crippen LogP contribution in [0.2, 0.25) is 0 Å². The van der Waals surface area contributed by atoms with Gasteiger partial charge in [0, 0.05) is 0 Å². The average Bonchev–Trinajstić information content (AvgIpc) is 2.34. The van der Waals surface area contributed by atoms with E-state index in [2.05, 4.69) is 11.4 Å². The first kappa shape index (κ1) is 11.8. The summed E-state index contributed by atoms with van der Waals surface area (Å²) in [6, 6.07) is 5.68. The molecule has 4 heteroatoms. The quantitative estimate of drug-likeness (QED) is 0.777. The second-order valence-electron chi connectivity index (χ2n) is 4.24. The average molecular weight is 234 g/mol. The summed E-state index contributed by atoms with van der Waals surface area (Å²) in [5.41, 5.74) is 7.71. The van der Waals surface area contributed by atoms with Crippen LogP contribution in [-0.2, 0) is 12.8 Å². The molecule has 3 N–H and O–H groups in total. The highest BCUT2D eigenvalue weighted by Gasteiger charge is 2.13. The molecule has 0 heterocycles. The van der Waals surface area contributed by atoms with E-state index in [1.807, 2.05) is 12.1 Å². The third-order valence-corrected chi connectivity index (χ3v) is 3.01. The van der Waals surface area contributed by atoms with Crippen molar-refractivity contribution >= 4 is 6.03 Å². The van der Waals surface area contributed by atoms with Gasteiger partial charge in [-0.1, -0.05) is 12.1 Å². The summed E-state index contributed by atoms with van der Waals surface area (Å²) in [7, 11) is 0. The van der Waals surface area contributed by atoms with Crippen molar-refractivity contribution in [1.82, 2.24) is 5.32 Å². The molecular weight excluding hydrogens is 216 g/mol. The van der Waals surface area contributed by atoms with Crippen molar-refractivity contribution in [1.29, 1.82) is 0 Å². The van der Waals surface area contributed by atoms with Crippen LogP contribution in [0.15, 0.2) is 18.2 Å². The number of primary amides is 1. The SMILES string of the molecule is NC(=O)NCCOc1cccc2c1CCCC2. The predicted molar refractivity (Wildman–Crippen MR) is 66.2 cm³/mol. The maximum absolute atomic E-state index is 10.5. The fraction of sp³-hybridized carbons (Fsp3) is 0.462. The number of benzene rings is 1. The fourth-order valence-corrected chi connectivity index (χ4v) is 2.22. The summed E-state index contributed by atoms with van der Waals surface area (Å²) in [5.74, 6) is 0.952. The maximum Gasteiger partial charge on any atom is 0.312 e. The Balaban J connectivity index is 1.94. The standard InChI is InChI=1S/C13H18N2O2/c14-13(16)15-8-9-17-12-7-3-5-10-4-1-2-6-11(10)12/h3,5,7H,1-2,4,6,8-9H2,(H3,14,15,16). The summed E-state index contributed by atoms with van der Waals surface area (Å²) in [5, 5.41) is 2.51. The Bertz CT molecular complexity index is 404. The zero-order valence-corrected chi connectivity index (χ0v) is 9.87. The summed E-state index contributed by atoms with van der Waals surface area (Å²) in [4.78, 5) is 10.5. The van der Waals surface area contributed by atoms with Gasteiger partial charge in [0.15, 0.2) is 0 Å². The number of ether oxygens (including phenoxy) is 1. The Morgan fingerprint density at radius 3 is 3.00 bits per heavy atom. The van der Waals surface area contributed by atoms with Crippen LogP contribution in [0.3, 0.4) is 0 Å². The summed E-state index contributed by atoms with van der Waals surface area (Å²) in [6.45, 7) is 0.901. The lowest BCUT2D eigenvalue weighted by molar-refractivity contribution is 0.244. The van der Waals surface area contributed by atoms with Crippen molar-refractivity contribution < 1.29 is 9.53 Å². The third kappa shape index (κ3) is 3.12. The van der Waals surface area contributed by atoms with E-state index in [1.165, 1.54) is 24.0 Å². The molecule has 0 aliphatic heterocycles. The van der Waals surface area contributed by atoms with E-state index in [1.54, 1.807) is 0 Å². The molecule has 0 unspecified atom stereocenters. The van der Waals surface area contributed by atoms with Crippen LogP contribution in [0.1, 0.15) is 24.0 Å². The molecule has 1 aliphatic rings. The third-order valence-electron chi connectivity index (χ3n) is 3.01. The molecule has 0 bridgehead atoms. The van der Waals surface area contributed by atoms with Crippen molar-refractivity contribution in [2.45, 2.75) is 25.7 Å². The number of amides is 2. The van der Waals surface area contributed by atoms with E-state index >= 15 is 0 Å².